The molecule has 1 aliphatic heterocycles. The normalized spacial score (nSPS) is 19.4. The number of benzene rings is 2. The van der Waals surface area contributed by atoms with Crippen molar-refractivity contribution in [2.75, 3.05) is 0 Å². The molecule has 4 aromatic rings. The molecule has 5 heteroatoms. The van der Waals surface area contributed by atoms with Gasteiger partial charge in [0, 0.05) is 23.5 Å². The molecule has 0 radical (unpaired) electrons. The Labute approximate surface area is 157 Å². The summed E-state index contributed by atoms with van der Waals surface area (Å²) in [6.07, 6.45) is 10.1. The first-order valence-corrected chi connectivity index (χ1v) is 9.22. The van der Waals surface area contributed by atoms with Crippen molar-refractivity contribution >= 4 is 0 Å². The highest BCUT2D eigenvalue weighted by Gasteiger charge is 2.29. The van der Waals surface area contributed by atoms with Gasteiger partial charge in [-0.25, -0.2) is 9.36 Å². The van der Waals surface area contributed by atoms with Gasteiger partial charge in [-0.05, 0) is 37.1 Å². The van der Waals surface area contributed by atoms with Crippen LogP contribution in [0.1, 0.15) is 36.2 Å². The summed E-state index contributed by atoms with van der Waals surface area (Å²) < 4.78 is 10.1. The summed E-state index contributed by atoms with van der Waals surface area (Å²) >= 11 is 0. The van der Waals surface area contributed by atoms with Crippen LogP contribution in [0.4, 0.5) is 0 Å². The minimum Gasteiger partial charge on any atom is -0.365 e. The summed E-state index contributed by atoms with van der Waals surface area (Å²) in [5, 5.41) is 8.99. The first kappa shape index (κ1) is 16.0. The summed E-state index contributed by atoms with van der Waals surface area (Å²) in [5.41, 5.74) is 4.36. The molecule has 0 aliphatic carbocycles. The molecule has 2 unspecified atom stereocenters. The number of hydrogen-bond donors (Lipinski definition) is 0. The van der Waals surface area contributed by atoms with Crippen LogP contribution >= 0.6 is 0 Å². The van der Waals surface area contributed by atoms with E-state index in [1.54, 1.807) is 0 Å². The lowest BCUT2D eigenvalue weighted by molar-refractivity contribution is 0.0441. The highest BCUT2D eigenvalue weighted by Crippen LogP contribution is 2.40. The molecular formula is C22H20N4O. The molecule has 1 aliphatic rings. The van der Waals surface area contributed by atoms with Gasteiger partial charge in [-0.1, -0.05) is 36.4 Å². The third kappa shape index (κ3) is 3.17. The van der Waals surface area contributed by atoms with Gasteiger partial charge in [-0.3, -0.25) is 0 Å². The van der Waals surface area contributed by atoms with Crippen molar-refractivity contribution in [3.63, 3.8) is 0 Å². The molecule has 3 heterocycles. The molecule has 1 fully saturated rings. The summed E-state index contributed by atoms with van der Waals surface area (Å²) in [7, 11) is 0. The van der Waals surface area contributed by atoms with Crippen LogP contribution in [-0.2, 0) is 4.74 Å². The molecule has 5 nitrogen and oxygen atoms in total. The molecule has 134 valence electrons. The van der Waals surface area contributed by atoms with E-state index in [1.165, 1.54) is 0 Å². The van der Waals surface area contributed by atoms with Crippen LogP contribution in [0.2, 0.25) is 0 Å². The van der Waals surface area contributed by atoms with Crippen molar-refractivity contribution in [2.45, 2.75) is 25.0 Å². The molecule has 5 rings (SSSR count). The van der Waals surface area contributed by atoms with E-state index in [2.05, 4.69) is 22.6 Å². The number of hydrogen-bond acceptors (Lipinski definition) is 3. The van der Waals surface area contributed by atoms with Gasteiger partial charge in [0.15, 0.2) is 0 Å². The second-order valence-electron chi connectivity index (χ2n) is 6.80. The molecular weight excluding hydrogens is 336 g/mol. The second kappa shape index (κ2) is 6.85. The van der Waals surface area contributed by atoms with E-state index in [9.17, 15) is 0 Å². The monoisotopic (exact) mass is 356 g/mol. The van der Waals surface area contributed by atoms with E-state index < -0.39 is 0 Å². The molecule has 0 spiro atoms. The van der Waals surface area contributed by atoms with E-state index >= 15 is 0 Å². The van der Waals surface area contributed by atoms with Crippen molar-refractivity contribution in [3.8, 4) is 11.4 Å². The second-order valence-corrected chi connectivity index (χ2v) is 6.80. The van der Waals surface area contributed by atoms with Gasteiger partial charge < -0.3 is 4.74 Å². The number of aromatic nitrogens is 4. The van der Waals surface area contributed by atoms with Crippen LogP contribution < -0.4 is 0 Å². The van der Waals surface area contributed by atoms with Crippen LogP contribution in [0, 0.1) is 0 Å². The maximum Gasteiger partial charge on any atom is 0.0865 e. The topological polar surface area (TPSA) is 44.9 Å². The van der Waals surface area contributed by atoms with Crippen molar-refractivity contribution in [2.24, 2.45) is 0 Å². The molecule has 0 N–H and O–H groups in total. The first-order valence-electron chi connectivity index (χ1n) is 9.22. The fourth-order valence-electron chi connectivity index (χ4n) is 3.58. The summed E-state index contributed by atoms with van der Waals surface area (Å²) in [6.45, 7) is 0. The SMILES string of the molecule is c1ccc(-n2cc(C3CCC(c4cnn(-c5ccccc5)c4)O3)cn2)cc1. The Bertz CT molecular complexity index is 939. The minimum absolute atomic E-state index is 0.0764. The largest absolute Gasteiger partial charge is 0.365 e. The Hall–Kier alpha value is -3.18. The fraction of sp³-hybridized carbons (Fsp3) is 0.182. The number of rotatable bonds is 4. The molecule has 2 aromatic heterocycles. The molecule has 0 saturated carbocycles. The smallest absolute Gasteiger partial charge is 0.0865 e. The van der Waals surface area contributed by atoms with Crippen LogP contribution in [0.3, 0.4) is 0 Å². The zero-order valence-corrected chi connectivity index (χ0v) is 14.8. The van der Waals surface area contributed by atoms with Crippen molar-refractivity contribution in [1.82, 2.24) is 19.6 Å². The van der Waals surface area contributed by atoms with Crippen LogP contribution in [-0.4, -0.2) is 19.6 Å². The van der Waals surface area contributed by atoms with E-state index in [1.807, 2.05) is 82.4 Å². The van der Waals surface area contributed by atoms with Crippen molar-refractivity contribution < 1.29 is 4.74 Å². The number of ether oxygens (including phenoxy) is 1. The average molecular weight is 356 g/mol. The van der Waals surface area contributed by atoms with Crippen molar-refractivity contribution in [3.05, 3.63) is 96.6 Å². The Morgan fingerprint density at radius 2 is 1.11 bits per heavy atom. The van der Waals surface area contributed by atoms with Gasteiger partial charge in [-0.15, -0.1) is 0 Å². The third-order valence-corrected chi connectivity index (χ3v) is 5.01. The highest BCUT2D eigenvalue weighted by molar-refractivity contribution is 5.32. The molecule has 2 atom stereocenters. The minimum atomic E-state index is 0.0764. The predicted molar refractivity (Wildman–Crippen MR) is 103 cm³/mol. The van der Waals surface area contributed by atoms with Crippen LogP contribution in [0.5, 0.6) is 0 Å². The van der Waals surface area contributed by atoms with Gasteiger partial charge in [0.2, 0.25) is 0 Å². The van der Waals surface area contributed by atoms with Crippen molar-refractivity contribution in [1.29, 1.82) is 0 Å². The highest BCUT2D eigenvalue weighted by atomic mass is 16.5. The van der Waals surface area contributed by atoms with E-state index in [-0.39, 0.29) is 12.2 Å². The quantitative estimate of drug-likeness (QED) is 0.535. The zero-order chi connectivity index (χ0) is 18.1. The van der Waals surface area contributed by atoms with Crippen LogP contribution in [0.15, 0.2) is 85.5 Å². The Balaban J connectivity index is 1.31. The third-order valence-electron chi connectivity index (χ3n) is 5.01. The molecule has 27 heavy (non-hydrogen) atoms. The standard InChI is InChI=1S/C22H20N4O/c1-3-7-19(8-4-1)25-15-17(13-23-25)21-11-12-22(27-21)18-14-24-26(16-18)20-9-5-2-6-10-20/h1-10,13-16,21-22H,11-12H2. The average Bonchev–Trinajstić information content (AvgIpc) is 3.49. The number of nitrogens with zero attached hydrogens (tertiary/aromatic N) is 4. The summed E-state index contributed by atoms with van der Waals surface area (Å²) in [4.78, 5) is 0. The van der Waals surface area contributed by atoms with E-state index in [0.29, 0.717) is 0 Å². The van der Waals surface area contributed by atoms with Crippen LogP contribution in [0.25, 0.3) is 11.4 Å². The summed E-state index contributed by atoms with van der Waals surface area (Å²) in [6, 6.07) is 20.3. The maximum atomic E-state index is 6.33. The van der Waals surface area contributed by atoms with E-state index in [0.717, 1.165) is 35.3 Å². The predicted octanol–water partition coefficient (Wildman–Crippen LogP) is 4.65. The Morgan fingerprint density at radius 3 is 1.56 bits per heavy atom. The summed E-state index contributed by atoms with van der Waals surface area (Å²) in [5.74, 6) is 0. The molecule has 0 bridgehead atoms. The fourth-order valence-corrected chi connectivity index (χ4v) is 3.58. The van der Waals surface area contributed by atoms with Gasteiger partial charge in [0.1, 0.15) is 0 Å². The maximum absolute atomic E-state index is 6.33. The number of para-hydroxylation sites is 2. The first-order chi connectivity index (χ1) is 13.4. The molecule has 0 amide bonds. The van der Waals surface area contributed by atoms with Gasteiger partial charge in [0.25, 0.3) is 0 Å². The van der Waals surface area contributed by atoms with Gasteiger partial charge in [0.05, 0.1) is 36.0 Å². The Morgan fingerprint density at radius 1 is 0.667 bits per heavy atom. The molecule has 2 aromatic carbocycles. The lowest BCUT2D eigenvalue weighted by atomic mass is 10.1. The lowest BCUT2D eigenvalue weighted by Crippen LogP contribution is -1.99. The zero-order valence-electron chi connectivity index (χ0n) is 14.8. The lowest BCUT2D eigenvalue weighted by Gasteiger charge is -2.11. The Kier molecular flexibility index (Phi) is 4.07. The van der Waals surface area contributed by atoms with Gasteiger partial charge in [-0.2, -0.15) is 10.2 Å². The molecule has 1 saturated heterocycles. The van der Waals surface area contributed by atoms with Gasteiger partial charge >= 0.3 is 0 Å². The van der Waals surface area contributed by atoms with E-state index in [4.69, 9.17) is 4.74 Å².